The predicted molar refractivity (Wildman–Crippen MR) is 113 cm³/mol. The highest BCUT2D eigenvalue weighted by Gasteiger charge is 2.28. The largest absolute Gasteiger partial charge is 0.454 e. The smallest absolute Gasteiger partial charge is 0.343 e. The summed E-state index contributed by atoms with van der Waals surface area (Å²) in [7, 11) is 0. The summed E-state index contributed by atoms with van der Waals surface area (Å²) in [4.78, 5) is 25.1. The number of esters is 1. The highest BCUT2D eigenvalue weighted by molar-refractivity contribution is 6.35. The van der Waals surface area contributed by atoms with Crippen LogP contribution in [0.2, 0.25) is 10.0 Å². The third-order valence-electron chi connectivity index (χ3n) is 4.71. The Bertz CT molecular complexity index is 1280. The van der Waals surface area contributed by atoms with Crippen LogP contribution in [-0.2, 0) is 0 Å². The van der Waals surface area contributed by atoms with Gasteiger partial charge in [-0.2, -0.15) is 0 Å². The van der Waals surface area contributed by atoms with Gasteiger partial charge in [-0.1, -0.05) is 29.3 Å². The highest BCUT2D eigenvalue weighted by Crippen LogP contribution is 2.36. The lowest BCUT2D eigenvalue weighted by Gasteiger charge is -2.06. The number of Topliss-reactive ketones (excluding diaryl/α,β-unsaturated/α-hetero) is 1. The van der Waals surface area contributed by atoms with E-state index in [9.17, 15) is 9.59 Å². The fourth-order valence-electron chi connectivity index (χ4n) is 3.18. The standard InChI is InChI=1S/C23H12Cl2O6/c24-14-3-1-12(17(25)9-14)7-21-22(26)16-5-4-15(10-19(16)31-21)30-23(27)13-2-6-18-20(8-13)29-11-28-18/h1-10H,11H2. The van der Waals surface area contributed by atoms with E-state index >= 15 is 0 Å². The maximum absolute atomic E-state index is 12.6. The molecule has 5 rings (SSSR count). The molecule has 0 aromatic heterocycles. The number of ether oxygens (including phenoxy) is 4. The van der Waals surface area contributed by atoms with Gasteiger partial charge in [-0.15, -0.1) is 0 Å². The van der Waals surface area contributed by atoms with Gasteiger partial charge in [-0.3, -0.25) is 4.79 Å². The number of rotatable bonds is 3. The first-order chi connectivity index (χ1) is 15.0. The molecule has 0 unspecified atom stereocenters. The monoisotopic (exact) mass is 454 g/mol. The van der Waals surface area contributed by atoms with Crippen LogP contribution in [0, 0.1) is 0 Å². The minimum absolute atomic E-state index is 0.110. The number of ketones is 1. The Labute approximate surface area is 186 Å². The Morgan fingerprint density at radius 2 is 1.77 bits per heavy atom. The first-order valence-corrected chi connectivity index (χ1v) is 9.89. The quantitative estimate of drug-likeness (QED) is 0.293. The predicted octanol–water partition coefficient (Wildman–Crippen LogP) is 5.56. The van der Waals surface area contributed by atoms with E-state index in [-0.39, 0.29) is 29.8 Å². The molecule has 0 saturated heterocycles. The van der Waals surface area contributed by atoms with E-state index in [1.165, 1.54) is 12.1 Å². The number of fused-ring (bicyclic) bond motifs is 2. The van der Waals surface area contributed by atoms with Crippen molar-refractivity contribution in [1.29, 1.82) is 0 Å². The lowest BCUT2D eigenvalue weighted by Crippen LogP contribution is -2.08. The maximum atomic E-state index is 12.6. The molecule has 0 bridgehead atoms. The molecule has 8 heteroatoms. The zero-order valence-electron chi connectivity index (χ0n) is 15.7. The molecule has 3 aromatic rings. The summed E-state index contributed by atoms with van der Waals surface area (Å²) < 4.78 is 21.6. The van der Waals surface area contributed by atoms with Crippen molar-refractivity contribution in [3.05, 3.63) is 87.1 Å². The Hall–Kier alpha value is -3.48. The van der Waals surface area contributed by atoms with Gasteiger partial charge in [0.25, 0.3) is 0 Å². The van der Waals surface area contributed by atoms with Crippen molar-refractivity contribution in [3.8, 4) is 23.0 Å². The molecule has 0 aliphatic carbocycles. The number of allylic oxidation sites excluding steroid dienone is 1. The molecule has 3 aromatic carbocycles. The maximum Gasteiger partial charge on any atom is 0.343 e. The van der Waals surface area contributed by atoms with Crippen molar-refractivity contribution in [2.24, 2.45) is 0 Å². The molecule has 6 nitrogen and oxygen atoms in total. The molecule has 0 radical (unpaired) electrons. The fourth-order valence-corrected chi connectivity index (χ4v) is 3.64. The van der Waals surface area contributed by atoms with Crippen molar-refractivity contribution in [1.82, 2.24) is 0 Å². The fraction of sp³-hybridized carbons (Fsp3) is 0.0435. The normalized spacial score (nSPS) is 15.0. The number of halogens is 2. The third kappa shape index (κ3) is 3.71. The van der Waals surface area contributed by atoms with Crippen LogP contribution in [0.4, 0.5) is 0 Å². The molecule has 2 aliphatic heterocycles. The number of hydrogen-bond donors (Lipinski definition) is 0. The van der Waals surface area contributed by atoms with Crippen LogP contribution in [0.5, 0.6) is 23.0 Å². The van der Waals surface area contributed by atoms with E-state index in [4.69, 9.17) is 42.1 Å². The van der Waals surface area contributed by atoms with Crippen molar-refractivity contribution in [3.63, 3.8) is 0 Å². The summed E-state index contributed by atoms with van der Waals surface area (Å²) in [5.74, 6) is 0.811. The lowest BCUT2D eigenvalue weighted by atomic mass is 10.1. The molecule has 2 aliphatic rings. The van der Waals surface area contributed by atoms with Gasteiger partial charge >= 0.3 is 5.97 Å². The summed E-state index contributed by atoms with van der Waals surface area (Å²) >= 11 is 12.1. The molecular formula is C23H12Cl2O6. The van der Waals surface area contributed by atoms with E-state index in [0.29, 0.717) is 38.2 Å². The molecule has 154 valence electrons. The number of carbonyl (C=O) groups excluding carboxylic acids is 2. The van der Waals surface area contributed by atoms with E-state index in [0.717, 1.165) is 0 Å². The van der Waals surface area contributed by atoms with E-state index in [1.807, 2.05) is 0 Å². The van der Waals surface area contributed by atoms with Gasteiger partial charge in [0.05, 0.1) is 11.1 Å². The van der Waals surface area contributed by atoms with Crippen LogP contribution >= 0.6 is 23.2 Å². The zero-order chi connectivity index (χ0) is 21.5. The van der Waals surface area contributed by atoms with Crippen molar-refractivity contribution < 1.29 is 28.5 Å². The van der Waals surface area contributed by atoms with Crippen LogP contribution in [0.25, 0.3) is 6.08 Å². The first-order valence-electron chi connectivity index (χ1n) is 9.13. The Kier molecular flexibility index (Phi) is 4.81. The van der Waals surface area contributed by atoms with E-state index in [2.05, 4.69) is 0 Å². The second kappa shape index (κ2) is 7.65. The topological polar surface area (TPSA) is 71.1 Å². The van der Waals surface area contributed by atoms with Crippen LogP contribution in [-0.4, -0.2) is 18.5 Å². The van der Waals surface area contributed by atoms with Gasteiger partial charge in [0.1, 0.15) is 11.5 Å². The summed E-state index contributed by atoms with van der Waals surface area (Å²) in [6, 6.07) is 14.3. The van der Waals surface area contributed by atoms with Crippen molar-refractivity contribution in [2.45, 2.75) is 0 Å². The molecule has 0 saturated carbocycles. The number of carbonyl (C=O) groups is 2. The molecule has 0 spiro atoms. The van der Waals surface area contributed by atoms with Gasteiger partial charge in [-0.25, -0.2) is 4.79 Å². The van der Waals surface area contributed by atoms with Gasteiger partial charge < -0.3 is 18.9 Å². The Morgan fingerprint density at radius 1 is 0.935 bits per heavy atom. The Balaban J connectivity index is 1.36. The average molecular weight is 455 g/mol. The molecular weight excluding hydrogens is 443 g/mol. The number of hydrogen-bond acceptors (Lipinski definition) is 6. The molecule has 31 heavy (non-hydrogen) atoms. The molecule has 0 amide bonds. The third-order valence-corrected chi connectivity index (χ3v) is 5.27. The van der Waals surface area contributed by atoms with Gasteiger partial charge in [0.15, 0.2) is 17.3 Å². The minimum Gasteiger partial charge on any atom is -0.454 e. The van der Waals surface area contributed by atoms with Gasteiger partial charge in [0.2, 0.25) is 12.6 Å². The number of benzene rings is 3. The first kappa shape index (κ1) is 19.5. The van der Waals surface area contributed by atoms with Crippen LogP contribution in [0.15, 0.2) is 60.4 Å². The van der Waals surface area contributed by atoms with Crippen LogP contribution in [0.1, 0.15) is 26.3 Å². The Morgan fingerprint density at radius 3 is 2.61 bits per heavy atom. The summed E-state index contributed by atoms with van der Waals surface area (Å²) in [5, 5.41) is 0.883. The molecule has 0 N–H and O–H groups in total. The van der Waals surface area contributed by atoms with Crippen molar-refractivity contribution >= 4 is 41.0 Å². The van der Waals surface area contributed by atoms with Crippen LogP contribution in [0.3, 0.4) is 0 Å². The zero-order valence-corrected chi connectivity index (χ0v) is 17.2. The van der Waals surface area contributed by atoms with Crippen molar-refractivity contribution in [2.75, 3.05) is 6.79 Å². The lowest BCUT2D eigenvalue weighted by molar-refractivity contribution is 0.0734. The van der Waals surface area contributed by atoms with Gasteiger partial charge in [-0.05, 0) is 54.1 Å². The summed E-state index contributed by atoms with van der Waals surface area (Å²) in [6.07, 6.45) is 1.54. The molecule has 0 fully saturated rings. The highest BCUT2D eigenvalue weighted by atomic mass is 35.5. The van der Waals surface area contributed by atoms with Gasteiger partial charge in [0, 0.05) is 16.1 Å². The second-order valence-electron chi connectivity index (χ2n) is 6.72. The minimum atomic E-state index is -0.578. The molecule has 2 heterocycles. The second-order valence-corrected chi connectivity index (χ2v) is 7.56. The summed E-state index contributed by atoms with van der Waals surface area (Å²) in [5.41, 5.74) is 1.26. The SMILES string of the molecule is O=C(Oc1ccc2c(c1)OC(=Cc1ccc(Cl)cc1Cl)C2=O)c1ccc2c(c1)OCO2. The van der Waals surface area contributed by atoms with E-state index < -0.39 is 5.97 Å². The molecule has 0 atom stereocenters. The average Bonchev–Trinajstić information content (AvgIpc) is 3.34. The summed E-state index contributed by atoms with van der Waals surface area (Å²) in [6.45, 7) is 0.112. The van der Waals surface area contributed by atoms with Crippen LogP contribution < -0.4 is 18.9 Å². The van der Waals surface area contributed by atoms with E-state index in [1.54, 1.807) is 48.5 Å².